The van der Waals surface area contributed by atoms with Crippen molar-refractivity contribution < 1.29 is 23.1 Å². The summed E-state index contributed by atoms with van der Waals surface area (Å²) in [5.41, 5.74) is 0.821. The molecule has 6 heteroatoms. The molecule has 2 aromatic carbocycles. The van der Waals surface area contributed by atoms with Crippen LogP contribution in [0.2, 0.25) is 0 Å². The van der Waals surface area contributed by atoms with Crippen molar-refractivity contribution in [2.45, 2.75) is 25.4 Å². The summed E-state index contributed by atoms with van der Waals surface area (Å²) >= 11 is 0. The average Bonchev–Trinajstić information content (AvgIpc) is 2.62. The van der Waals surface area contributed by atoms with E-state index in [0.717, 1.165) is 0 Å². The van der Waals surface area contributed by atoms with Crippen molar-refractivity contribution >= 4 is 11.9 Å². The lowest BCUT2D eigenvalue weighted by molar-refractivity contribution is -0.172. The Balaban J connectivity index is 1.98. The summed E-state index contributed by atoms with van der Waals surface area (Å²) < 4.78 is 33.5. The highest BCUT2D eigenvalue weighted by Gasteiger charge is 2.41. The fraction of sp³-hybridized carbons (Fsp3) is 0.263. The van der Waals surface area contributed by atoms with Gasteiger partial charge in [0.1, 0.15) is 0 Å². The lowest BCUT2D eigenvalue weighted by Crippen LogP contribution is -2.33. The number of carbonyl (C=O) groups is 2. The Morgan fingerprint density at radius 2 is 1.68 bits per heavy atom. The normalized spacial score (nSPS) is 12.3. The molecule has 4 nitrogen and oxygen atoms in total. The van der Waals surface area contributed by atoms with Crippen LogP contribution in [-0.4, -0.2) is 25.0 Å². The number of halogens is 2. The van der Waals surface area contributed by atoms with E-state index in [-0.39, 0.29) is 17.9 Å². The van der Waals surface area contributed by atoms with E-state index < -0.39 is 18.0 Å². The summed E-state index contributed by atoms with van der Waals surface area (Å²) in [5.74, 6) is -4.28. The molecule has 1 N–H and O–H groups in total. The standard InChI is InChI=1S/C19H19F2NO3/c1-13(19(20,21)16-6-4-3-5-7-16)25-17(23)12-14-8-10-15(11-9-14)18(24)22-2/h3-11,13H,12H2,1-2H3,(H,22,24)/t13-/m1/s1. The van der Waals surface area contributed by atoms with Crippen LogP contribution in [0.3, 0.4) is 0 Å². The quantitative estimate of drug-likeness (QED) is 0.816. The van der Waals surface area contributed by atoms with Gasteiger partial charge in [-0.15, -0.1) is 0 Å². The molecule has 0 saturated carbocycles. The SMILES string of the molecule is CNC(=O)c1ccc(CC(=O)O[C@H](C)C(F)(F)c2ccccc2)cc1. The number of amides is 1. The Morgan fingerprint density at radius 1 is 1.08 bits per heavy atom. The second-order valence-corrected chi connectivity index (χ2v) is 5.57. The van der Waals surface area contributed by atoms with E-state index in [1.807, 2.05) is 0 Å². The van der Waals surface area contributed by atoms with Crippen LogP contribution in [0, 0.1) is 0 Å². The third-order valence-electron chi connectivity index (χ3n) is 3.77. The predicted molar refractivity (Wildman–Crippen MR) is 89.4 cm³/mol. The molecule has 0 aliphatic rings. The zero-order valence-corrected chi connectivity index (χ0v) is 14.0. The summed E-state index contributed by atoms with van der Waals surface area (Å²) in [4.78, 5) is 23.4. The molecule has 1 atom stereocenters. The summed E-state index contributed by atoms with van der Waals surface area (Å²) in [7, 11) is 1.52. The molecular weight excluding hydrogens is 328 g/mol. The minimum atomic E-state index is -3.28. The number of alkyl halides is 2. The molecule has 132 valence electrons. The molecule has 0 heterocycles. The van der Waals surface area contributed by atoms with E-state index in [1.165, 1.54) is 38.2 Å². The summed E-state index contributed by atoms with van der Waals surface area (Å²) in [5, 5.41) is 2.49. The second-order valence-electron chi connectivity index (χ2n) is 5.57. The van der Waals surface area contributed by atoms with Crippen LogP contribution in [0.4, 0.5) is 8.78 Å². The van der Waals surface area contributed by atoms with Gasteiger partial charge in [0.05, 0.1) is 6.42 Å². The van der Waals surface area contributed by atoms with Crippen LogP contribution in [0.1, 0.15) is 28.4 Å². The van der Waals surface area contributed by atoms with Gasteiger partial charge in [0.15, 0.2) is 6.10 Å². The maximum Gasteiger partial charge on any atom is 0.310 e. The summed E-state index contributed by atoms with van der Waals surface area (Å²) in [6.07, 6.45) is -1.74. The van der Waals surface area contributed by atoms with Crippen molar-refractivity contribution in [3.63, 3.8) is 0 Å². The van der Waals surface area contributed by atoms with E-state index in [9.17, 15) is 18.4 Å². The van der Waals surface area contributed by atoms with Crippen molar-refractivity contribution in [3.8, 4) is 0 Å². The molecule has 2 rings (SSSR count). The molecule has 0 saturated heterocycles. The molecule has 0 radical (unpaired) electrons. The van der Waals surface area contributed by atoms with Crippen molar-refractivity contribution in [3.05, 3.63) is 71.3 Å². The van der Waals surface area contributed by atoms with Gasteiger partial charge in [-0.05, 0) is 24.6 Å². The molecule has 0 aliphatic carbocycles. The monoisotopic (exact) mass is 347 g/mol. The third kappa shape index (κ3) is 4.62. The minimum Gasteiger partial charge on any atom is -0.456 e. The number of benzene rings is 2. The van der Waals surface area contributed by atoms with Crippen molar-refractivity contribution in [1.82, 2.24) is 5.32 Å². The highest BCUT2D eigenvalue weighted by Crippen LogP contribution is 2.33. The van der Waals surface area contributed by atoms with Gasteiger partial charge in [-0.1, -0.05) is 42.5 Å². The first-order chi connectivity index (χ1) is 11.8. The van der Waals surface area contributed by atoms with Gasteiger partial charge in [0.25, 0.3) is 5.91 Å². The van der Waals surface area contributed by atoms with Gasteiger partial charge < -0.3 is 10.1 Å². The van der Waals surface area contributed by atoms with E-state index >= 15 is 0 Å². The van der Waals surface area contributed by atoms with E-state index in [4.69, 9.17) is 4.74 Å². The average molecular weight is 347 g/mol. The van der Waals surface area contributed by atoms with Crippen LogP contribution in [0.25, 0.3) is 0 Å². The van der Waals surface area contributed by atoms with Crippen LogP contribution in [0.5, 0.6) is 0 Å². The lowest BCUT2D eigenvalue weighted by atomic mass is 10.0. The van der Waals surface area contributed by atoms with E-state index in [2.05, 4.69) is 5.32 Å². The largest absolute Gasteiger partial charge is 0.456 e. The van der Waals surface area contributed by atoms with Crippen LogP contribution in [-0.2, 0) is 21.9 Å². The second kappa shape index (κ2) is 7.88. The Labute approximate surface area is 144 Å². The van der Waals surface area contributed by atoms with Crippen LogP contribution in [0.15, 0.2) is 54.6 Å². The third-order valence-corrected chi connectivity index (χ3v) is 3.77. The highest BCUT2D eigenvalue weighted by atomic mass is 19.3. The Bertz CT molecular complexity index is 730. The number of carbonyl (C=O) groups excluding carboxylic acids is 2. The highest BCUT2D eigenvalue weighted by molar-refractivity contribution is 5.94. The molecule has 2 aromatic rings. The van der Waals surface area contributed by atoms with Gasteiger partial charge in [-0.25, -0.2) is 0 Å². The fourth-order valence-electron chi connectivity index (χ4n) is 2.29. The topological polar surface area (TPSA) is 55.4 Å². The number of rotatable bonds is 6. The van der Waals surface area contributed by atoms with E-state index in [1.54, 1.807) is 30.3 Å². The molecule has 0 aliphatic heterocycles. The van der Waals surface area contributed by atoms with Crippen molar-refractivity contribution in [2.75, 3.05) is 7.05 Å². The first-order valence-electron chi connectivity index (χ1n) is 7.78. The van der Waals surface area contributed by atoms with Crippen molar-refractivity contribution in [1.29, 1.82) is 0 Å². The first-order valence-corrected chi connectivity index (χ1v) is 7.78. The number of ether oxygens (including phenoxy) is 1. The Hall–Kier alpha value is -2.76. The zero-order chi connectivity index (χ0) is 18.4. The number of esters is 1. The number of hydrogen-bond donors (Lipinski definition) is 1. The van der Waals surface area contributed by atoms with Gasteiger partial charge >= 0.3 is 11.9 Å². The smallest absolute Gasteiger partial charge is 0.310 e. The lowest BCUT2D eigenvalue weighted by Gasteiger charge is -2.24. The molecule has 1 amide bonds. The van der Waals surface area contributed by atoms with Gasteiger partial charge in [-0.3, -0.25) is 9.59 Å². The van der Waals surface area contributed by atoms with Gasteiger partial charge in [0.2, 0.25) is 0 Å². The minimum absolute atomic E-state index is 0.150. The Kier molecular flexibility index (Phi) is 5.85. The first kappa shape index (κ1) is 18.6. The maximum absolute atomic E-state index is 14.3. The number of nitrogens with one attached hydrogen (secondary N) is 1. The van der Waals surface area contributed by atoms with Gasteiger partial charge in [0, 0.05) is 18.2 Å². The van der Waals surface area contributed by atoms with Crippen LogP contribution >= 0.6 is 0 Å². The van der Waals surface area contributed by atoms with Gasteiger partial charge in [-0.2, -0.15) is 8.78 Å². The van der Waals surface area contributed by atoms with E-state index in [0.29, 0.717) is 11.1 Å². The molecule has 0 unspecified atom stereocenters. The van der Waals surface area contributed by atoms with Crippen LogP contribution < -0.4 is 5.32 Å². The molecular formula is C19H19F2NO3. The molecule has 25 heavy (non-hydrogen) atoms. The fourth-order valence-corrected chi connectivity index (χ4v) is 2.29. The zero-order valence-electron chi connectivity index (χ0n) is 14.0. The maximum atomic E-state index is 14.3. The molecule has 0 aromatic heterocycles. The summed E-state index contributed by atoms with van der Waals surface area (Å²) in [6, 6.07) is 13.5. The van der Waals surface area contributed by atoms with Crippen molar-refractivity contribution in [2.24, 2.45) is 0 Å². The molecule has 0 bridgehead atoms. The molecule has 0 fully saturated rings. The predicted octanol–water partition coefficient (Wildman–Crippen LogP) is 3.31. The number of hydrogen-bond acceptors (Lipinski definition) is 3. The molecule has 0 spiro atoms. The summed E-state index contributed by atoms with van der Waals surface area (Å²) in [6.45, 7) is 1.17. The Morgan fingerprint density at radius 3 is 2.24 bits per heavy atom.